The van der Waals surface area contributed by atoms with Crippen molar-refractivity contribution in [3.05, 3.63) is 75.5 Å². The zero-order chi connectivity index (χ0) is 22.8. The van der Waals surface area contributed by atoms with Crippen molar-refractivity contribution in [3.8, 4) is 0 Å². The van der Waals surface area contributed by atoms with Crippen molar-refractivity contribution in [2.24, 2.45) is 5.92 Å². The second-order valence-electron chi connectivity index (χ2n) is 8.64. The van der Waals surface area contributed by atoms with E-state index >= 15 is 0 Å². The molecule has 32 heavy (non-hydrogen) atoms. The summed E-state index contributed by atoms with van der Waals surface area (Å²) >= 11 is 1.27. The Kier molecular flexibility index (Phi) is 6.37. The van der Waals surface area contributed by atoms with Gasteiger partial charge in [-0.2, -0.15) is 0 Å². The Hall–Kier alpha value is -3.06. The molecule has 0 bridgehead atoms. The summed E-state index contributed by atoms with van der Waals surface area (Å²) in [4.78, 5) is 24.7. The molecule has 1 heterocycles. The molecule has 6 nitrogen and oxygen atoms in total. The van der Waals surface area contributed by atoms with Crippen LogP contribution in [0.5, 0.6) is 0 Å². The van der Waals surface area contributed by atoms with Gasteiger partial charge in [-0.1, -0.05) is 31.4 Å². The molecule has 0 saturated heterocycles. The fourth-order valence-corrected chi connectivity index (χ4v) is 5.88. The summed E-state index contributed by atoms with van der Waals surface area (Å²) in [6.07, 6.45) is 6.69. The topological polar surface area (TPSA) is 98.7 Å². The molecule has 1 atom stereocenters. The molecular formula is C25H28N2O4S. The zero-order valence-corrected chi connectivity index (χ0v) is 18.8. The van der Waals surface area contributed by atoms with E-state index in [1.807, 2.05) is 0 Å². The normalized spacial score (nSPS) is 16.7. The molecular weight excluding hydrogens is 424 g/mol. The first-order valence-corrected chi connectivity index (χ1v) is 11.7. The molecule has 0 saturated carbocycles. The highest BCUT2D eigenvalue weighted by atomic mass is 32.1. The number of nitrogens with one attached hydrogen (secondary N) is 2. The van der Waals surface area contributed by atoms with E-state index in [-0.39, 0.29) is 16.5 Å². The molecule has 0 spiro atoms. The molecule has 2 aliphatic rings. The van der Waals surface area contributed by atoms with Crippen LogP contribution in [0.3, 0.4) is 0 Å². The Balaban J connectivity index is 1.38. The van der Waals surface area contributed by atoms with Gasteiger partial charge in [0.05, 0.1) is 5.56 Å². The van der Waals surface area contributed by atoms with Gasteiger partial charge in [0.15, 0.2) is 5.76 Å². The number of hydrogen-bond donors (Lipinski definition) is 4. The number of amides is 1. The van der Waals surface area contributed by atoms with Gasteiger partial charge in [0.1, 0.15) is 5.00 Å². The van der Waals surface area contributed by atoms with E-state index in [1.165, 1.54) is 40.9 Å². The lowest BCUT2D eigenvalue weighted by Crippen LogP contribution is -2.27. The van der Waals surface area contributed by atoms with Gasteiger partial charge >= 0.3 is 5.97 Å². The number of aryl methyl sites for hydroxylation is 3. The maximum atomic E-state index is 11.9. The van der Waals surface area contributed by atoms with Crippen molar-refractivity contribution >= 4 is 28.2 Å². The first kappa shape index (κ1) is 22.1. The molecule has 4 N–H and O–H groups in total. The molecule has 1 aromatic heterocycles. The number of aliphatic hydroxyl groups excluding tert-OH is 1. The standard InChI is InChI=1S/C25H28N2O4S/c1-14(10-16-6-8-18-4-3-5-19(18)11-16)26-13-17-7-9-21-20(12-17)22(25(30)31)24(32-21)27-23(29)15(2)28/h6,8,11,17,26,28H,1-5,7,9-10,12-13H2,(H,27,29)(H,30,31). The van der Waals surface area contributed by atoms with Crippen molar-refractivity contribution < 1.29 is 19.8 Å². The molecule has 0 fully saturated rings. The highest BCUT2D eigenvalue weighted by Crippen LogP contribution is 2.39. The Morgan fingerprint density at radius 3 is 2.66 bits per heavy atom. The minimum absolute atomic E-state index is 0.126. The molecule has 1 aromatic carbocycles. The molecule has 2 aliphatic carbocycles. The van der Waals surface area contributed by atoms with Crippen molar-refractivity contribution in [3.63, 3.8) is 0 Å². The summed E-state index contributed by atoms with van der Waals surface area (Å²) in [5.41, 5.74) is 6.07. The van der Waals surface area contributed by atoms with E-state index < -0.39 is 17.6 Å². The van der Waals surface area contributed by atoms with E-state index in [2.05, 4.69) is 42.0 Å². The summed E-state index contributed by atoms with van der Waals surface area (Å²) in [5.74, 6) is -2.22. The van der Waals surface area contributed by atoms with Crippen LogP contribution in [0.15, 0.2) is 42.8 Å². The number of carbonyl (C=O) groups is 2. The van der Waals surface area contributed by atoms with Gasteiger partial charge in [0, 0.05) is 23.5 Å². The van der Waals surface area contributed by atoms with Gasteiger partial charge in [-0.3, -0.25) is 4.79 Å². The van der Waals surface area contributed by atoms with E-state index in [0.717, 1.165) is 48.4 Å². The molecule has 1 unspecified atom stereocenters. The zero-order valence-electron chi connectivity index (χ0n) is 18.0. The molecule has 1 amide bonds. The lowest BCUT2D eigenvalue weighted by Gasteiger charge is -2.24. The fraction of sp³-hybridized carbons (Fsp3) is 0.360. The van der Waals surface area contributed by atoms with Crippen molar-refractivity contribution in [2.45, 2.75) is 44.9 Å². The number of aliphatic hydroxyl groups is 1. The van der Waals surface area contributed by atoms with Crippen LogP contribution >= 0.6 is 11.3 Å². The number of thiophene rings is 1. The Bertz CT molecular complexity index is 1100. The average molecular weight is 453 g/mol. The largest absolute Gasteiger partial charge is 0.503 e. The molecule has 2 aromatic rings. The number of carbonyl (C=O) groups excluding carboxylic acids is 1. The van der Waals surface area contributed by atoms with Gasteiger partial charge in [0.2, 0.25) is 0 Å². The van der Waals surface area contributed by atoms with E-state index in [0.29, 0.717) is 6.42 Å². The van der Waals surface area contributed by atoms with Gasteiger partial charge in [-0.25, -0.2) is 4.79 Å². The highest BCUT2D eigenvalue weighted by molar-refractivity contribution is 7.17. The minimum Gasteiger partial charge on any atom is -0.503 e. The van der Waals surface area contributed by atoms with Gasteiger partial charge in [-0.05, 0) is 66.7 Å². The van der Waals surface area contributed by atoms with Crippen LogP contribution in [0, 0.1) is 5.92 Å². The average Bonchev–Trinajstić information content (AvgIpc) is 3.35. The van der Waals surface area contributed by atoms with Crippen LogP contribution in [0.25, 0.3) is 0 Å². The lowest BCUT2D eigenvalue weighted by molar-refractivity contribution is -0.115. The summed E-state index contributed by atoms with van der Waals surface area (Å²) in [7, 11) is 0. The number of allylic oxidation sites excluding steroid dienone is 1. The Morgan fingerprint density at radius 1 is 1.12 bits per heavy atom. The highest BCUT2D eigenvalue weighted by Gasteiger charge is 2.30. The van der Waals surface area contributed by atoms with Gasteiger partial charge < -0.3 is 20.8 Å². The van der Waals surface area contributed by atoms with Crippen molar-refractivity contribution in [1.29, 1.82) is 0 Å². The first-order valence-electron chi connectivity index (χ1n) is 10.9. The summed E-state index contributed by atoms with van der Waals surface area (Å²) in [6, 6.07) is 6.72. The summed E-state index contributed by atoms with van der Waals surface area (Å²) in [6.45, 7) is 8.11. The smallest absolute Gasteiger partial charge is 0.339 e. The molecule has 0 aliphatic heterocycles. The third kappa shape index (κ3) is 4.72. The molecule has 168 valence electrons. The molecule has 0 radical (unpaired) electrons. The second-order valence-corrected chi connectivity index (χ2v) is 9.75. The minimum atomic E-state index is -1.07. The van der Waals surface area contributed by atoms with E-state index in [4.69, 9.17) is 0 Å². The van der Waals surface area contributed by atoms with Crippen LogP contribution in [0.4, 0.5) is 5.00 Å². The van der Waals surface area contributed by atoms with E-state index in [9.17, 15) is 19.8 Å². The maximum absolute atomic E-state index is 11.9. The quantitative estimate of drug-likeness (QED) is 0.352. The second kappa shape index (κ2) is 9.20. The van der Waals surface area contributed by atoms with Crippen molar-refractivity contribution in [1.82, 2.24) is 5.32 Å². The van der Waals surface area contributed by atoms with E-state index in [1.54, 1.807) is 0 Å². The number of aromatic carboxylic acids is 1. The summed E-state index contributed by atoms with van der Waals surface area (Å²) < 4.78 is 0. The number of carboxylic acid groups (broad SMARTS) is 1. The maximum Gasteiger partial charge on any atom is 0.339 e. The predicted octanol–water partition coefficient (Wildman–Crippen LogP) is 4.40. The van der Waals surface area contributed by atoms with Crippen LogP contribution in [-0.4, -0.2) is 28.6 Å². The first-order chi connectivity index (χ1) is 15.3. The van der Waals surface area contributed by atoms with Crippen LogP contribution in [-0.2, 0) is 36.9 Å². The predicted molar refractivity (Wildman–Crippen MR) is 127 cm³/mol. The number of fused-ring (bicyclic) bond motifs is 2. The third-order valence-corrected chi connectivity index (χ3v) is 7.49. The van der Waals surface area contributed by atoms with Crippen LogP contribution in [0.2, 0.25) is 0 Å². The third-order valence-electron chi connectivity index (χ3n) is 6.29. The summed E-state index contributed by atoms with van der Waals surface area (Å²) in [5, 5.41) is 25.2. The SMILES string of the molecule is C=C(Cc1ccc2c(c1)CCC2)NCC1CCc2sc(NC(=O)C(=C)O)c(C(=O)O)c2C1. The van der Waals surface area contributed by atoms with Gasteiger partial charge in [-0.15, -0.1) is 11.3 Å². The molecule has 4 rings (SSSR count). The van der Waals surface area contributed by atoms with Crippen LogP contribution < -0.4 is 10.6 Å². The van der Waals surface area contributed by atoms with Gasteiger partial charge in [0.25, 0.3) is 5.91 Å². The van der Waals surface area contributed by atoms with Crippen LogP contribution in [0.1, 0.15) is 50.3 Å². The monoisotopic (exact) mass is 452 g/mol. The Labute approximate surface area is 191 Å². The lowest BCUT2D eigenvalue weighted by atomic mass is 9.86. The van der Waals surface area contributed by atoms with Crippen molar-refractivity contribution in [2.75, 3.05) is 11.9 Å². The number of hydrogen-bond acceptors (Lipinski definition) is 5. The number of anilines is 1. The fourth-order valence-electron chi connectivity index (χ4n) is 4.65. The Morgan fingerprint density at radius 2 is 1.91 bits per heavy atom. The number of carboxylic acids is 1. The number of benzene rings is 1. The number of rotatable bonds is 8. The molecule has 7 heteroatoms.